The molecule has 0 atom stereocenters. The average molecular weight is 269 g/mol. The van der Waals surface area contributed by atoms with Gasteiger partial charge in [-0.05, 0) is 18.1 Å². The van der Waals surface area contributed by atoms with E-state index in [0.717, 1.165) is 16.5 Å². The molecule has 1 aromatic heterocycles. The topological polar surface area (TPSA) is 62.3 Å². The summed E-state index contributed by atoms with van der Waals surface area (Å²) in [4.78, 5) is 29.0. The van der Waals surface area contributed by atoms with Crippen molar-refractivity contribution in [2.75, 3.05) is 19.6 Å². The monoisotopic (exact) mass is 269 g/mol. The van der Waals surface area contributed by atoms with Crippen molar-refractivity contribution < 1.29 is 9.59 Å². The molecule has 5 nitrogen and oxygen atoms in total. The number of pyridine rings is 1. The SMILES string of the molecule is O=C1CN(CCc2cccc3cccnc23)C(=O)CN1. The van der Waals surface area contributed by atoms with Gasteiger partial charge in [0.2, 0.25) is 11.8 Å². The number of nitrogens with one attached hydrogen (secondary N) is 1. The third-order valence-electron chi connectivity index (χ3n) is 3.49. The number of fused-ring (bicyclic) bond motifs is 1. The van der Waals surface area contributed by atoms with Gasteiger partial charge in [0.25, 0.3) is 0 Å². The van der Waals surface area contributed by atoms with Gasteiger partial charge in [-0.1, -0.05) is 24.3 Å². The molecular weight excluding hydrogens is 254 g/mol. The molecule has 1 saturated heterocycles. The average Bonchev–Trinajstić information content (AvgIpc) is 2.48. The molecule has 2 aromatic rings. The Kier molecular flexibility index (Phi) is 3.33. The quantitative estimate of drug-likeness (QED) is 0.893. The molecular formula is C15H15N3O2. The number of hydrogen-bond donors (Lipinski definition) is 1. The molecule has 0 bridgehead atoms. The number of benzene rings is 1. The van der Waals surface area contributed by atoms with Crippen molar-refractivity contribution in [1.29, 1.82) is 0 Å². The van der Waals surface area contributed by atoms with Gasteiger partial charge in [-0.3, -0.25) is 14.6 Å². The summed E-state index contributed by atoms with van der Waals surface area (Å²) in [7, 11) is 0. The minimum absolute atomic E-state index is 0.0298. The lowest BCUT2D eigenvalue weighted by Crippen LogP contribution is -2.52. The zero-order valence-corrected chi connectivity index (χ0v) is 11.0. The van der Waals surface area contributed by atoms with Crippen LogP contribution in [0.4, 0.5) is 0 Å². The van der Waals surface area contributed by atoms with Crippen LogP contribution in [0, 0.1) is 0 Å². The number of carbonyl (C=O) groups excluding carboxylic acids is 2. The molecule has 2 heterocycles. The zero-order chi connectivity index (χ0) is 13.9. The molecule has 1 aromatic carbocycles. The Labute approximate surface area is 116 Å². The maximum atomic E-state index is 11.7. The number of para-hydroxylation sites is 1. The molecule has 0 unspecified atom stereocenters. The number of amides is 2. The summed E-state index contributed by atoms with van der Waals surface area (Å²) >= 11 is 0. The van der Waals surface area contributed by atoms with E-state index in [1.807, 2.05) is 30.3 Å². The summed E-state index contributed by atoms with van der Waals surface area (Å²) in [6.07, 6.45) is 2.47. The van der Waals surface area contributed by atoms with Crippen molar-refractivity contribution in [2.45, 2.75) is 6.42 Å². The maximum Gasteiger partial charge on any atom is 0.242 e. The number of carbonyl (C=O) groups is 2. The van der Waals surface area contributed by atoms with Crippen LogP contribution in [0.25, 0.3) is 10.9 Å². The van der Waals surface area contributed by atoms with E-state index in [0.29, 0.717) is 13.0 Å². The molecule has 2 amide bonds. The molecule has 1 aliphatic heterocycles. The summed E-state index contributed by atoms with van der Waals surface area (Å²) < 4.78 is 0. The molecule has 0 aliphatic carbocycles. The largest absolute Gasteiger partial charge is 0.345 e. The van der Waals surface area contributed by atoms with Crippen LogP contribution in [-0.4, -0.2) is 41.3 Å². The standard InChI is InChI=1S/C15H15N3O2/c19-13-10-18(14(20)9-17-13)8-6-12-4-1-3-11-5-2-7-16-15(11)12/h1-5,7H,6,8-10H2,(H,17,19). The van der Waals surface area contributed by atoms with Gasteiger partial charge in [-0.15, -0.1) is 0 Å². The second-order valence-electron chi connectivity index (χ2n) is 4.83. The van der Waals surface area contributed by atoms with E-state index < -0.39 is 0 Å². The number of rotatable bonds is 3. The molecule has 0 spiro atoms. The second kappa shape index (κ2) is 5.28. The van der Waals surface area contributed by atoms with Crippen molar-refractivity contribution in [3.63, 3.8) is 0 Å². The highest BCUT2D eigenvalue weighted by Gasteiger charge is 2.22. The molecule has 1 aliphatic rings. The zero-order valence-electron chi connectivity index (χ0n) is 11.0. The van der Waals surface area contributed by atoms with Gasteiger partial charge in [-0.25, -0.2) is 0 Å². The van der Waals surface area contributed by atoms with Gasteiger partial charge in [0, 0.05) is 18.1 Å². The van der Waals surface area contributed by atoms with Crippen LogP contribution < -0.4 is 5.32 Å². The molecule has 1 N–H and O–H groups in total. The van der Waals surface area contributed by atoms with Gasteiger partial charge in [0.1, 0.15) is 0 Å². The van der Waals surface area contributed by atoms with E-state index in [1.165, 1.54) is 0 Å². The second-order valence-corrected chi connectivity index (χ2v) is 4.83. The van der Waals surface area contributed by atoms with Gasteiger partial charge in [-0.2, -0.15) is 0 Å². The van der Waals surface area contributed by atoms with Crippen molar-refractivity contribution in [1.82, 2.24) is 15.2 Å². The minimum atomic E-state index is -0.0966. The van der Waals surface area contributed by atoms with Crippen LogP contribution in [0.2, 0.25) is 0 Å². The smallest absolute Gasteiger partial charge is 0.242 e. The number of nitrogens with zero attached hydrogens (tertiary/aromatic N) is 2. The maximum absolute atomic E-state index is 11.7. The fourth-order valence-electron chi connectivity index (χ4n) is 2.43. The Hall–Kier alpha value is -2.43. The van der Waals surface area contributed by atoms with Crippen LogP contribution in [0.5, 0.6) is 0 Å². The first kappa shape index (κ1) is 12.6. The molecule has 5 heteroatoms. The molecule has 102 valence electrons. The van der Waals surface area contributed by atoms with E-state index in [2.05, 4.69) is 10.3 Å². The molecule has 0 radical (unpaired) electrons. The fraction of sp³-hybridized carbons (Fsp3) is 0.267. The number of piperazine rings is 1. The van der Waals surface area contributed by atoms with Crippen LogP contribution in [0.1, 0.15) is 5.56 Å². The first-order valence-corrected chi connectivity index (χ1v) is 6.61. The Bertz CT molecular complexity index is 664. The Morgan fingerprint density at radius 2 is 2.05 bits per heavy atom. The first-order chi connectivity index (χ1) is 9.74. The van der Waals surface area contributed by atoms with E-state index in [4.69, 9.17) is 0 Å². The van der Waals surface area contributed by atoms with Gasteiger partial charge in [0.05, 0.1) is 18.6 Å². The summed E-state index contributed by atoms with van der Waals surface area (Å²) in [6.45, 7) is 0.797. The van der Waals surface area contributed by atoms with E-state index in [-0.39, 0.29) is 24.9 Å². The van der Waals surface area contributed by atoms with Crippen molar-refractivity contribution in [2.24, 2.45) is 0 Å². The number of aromatic nitrogens is 1. The third kappa shape index (κ3) is 2.47. The van der Waals surface area contributed by atoms with E-state index >= 15 is 0 Å². The normalized spacial score (nSPS) is 15.5. The van der Waals surface area contributed by atoms with Crippen LogP contribution >= 0.6 is 0 Å². The lowest BCUT2D eigenvalue weighted by atomic mass is 10.1. The summed E-state index contributed by atoms with van der Waals surface area (Å²) in [5.41, 5.74) is 2.06. The molecule has 20 heavy (non-hydrogen) atoms. The van der Waals surface area contributed by atoms with E-state index in [1.54, 1.807) is 11.1 Å². The minimum Gasteiger partial charge on any atom is -0.345 e. The summed E-state index contributed by atoms with van der Waals surface area (Å²) in [6, 6.07) is 9.95. The van der Waals surface area contributed by atoms with Crippen LogP contribution in [0.15, 0.2) is 36.5 Å². The fourth-order valence-corrected chi connectivity index (χ4v) is 2.43. The van der Waals surface area contributed by atoms with Gasteiger partial charge >= 0.3 is 0 Å². The lowest BCUT2D eigenvalue weighted by molar-refractivity contribution is -0.140. The Balaban J connectivity index is 1.77. The number of hydrogen-bond acceptors (Lipinski definition) is 3. The lowest BCUT2D eigenvalue weighted by Gasteiger charge is -2.26. The predicted molar refractivity (Wildman–Crippen MR) is 75.0 cm³/mol. The van der Waals surface area contributed by atoms with Crippen molar-refractivity contribution in [3.05, 3.63) is 42.1 Å². The summed E-state index contributed by atoms with van der Waals surface area (Å²) in [5.74, 6) is -0.126. The van der Waals surface area contributed by atoms with Crippen molar-refractivity contribution in [3.8, 4) is 0 Å². The predicted octanol–water partition coefficient (Wildman–Crippen LogP) is 0.736. The Morgan fingerprint density at radius 3 is 2.95 bits per heavy atom. The summed E-state index contributed by atoms with van der Waals surface area (Å²) in [5, 5.41) is 3.64. The van der Waals surface area contributed by atoms with Crippen molar-refractivity contribution >= 4 is 22.7 Å². The molecule has 1 fully saturated rings. The highest BCUT2D eigenvalue weighted by molar-refractivity contribution is 5.92. The Morgan fingerprint density at radius 1 is 1.20 bits per heavy atom. The van der Waals surface area contributed by atoms with E-state index in [9.17, 15) is 9.59 Å². The first-order valence-electron chi connectivity index (χ1n) is 6.61. The third-order valence-corrected chi connectivity index (χ3v) is 3.49. The highest BCUT2D eigenvalue weighted by atomic mass is 16.2. The molecule has 0 saturated carbocycles. The van der Waals surface area contributed by atoms with Crippen LogP contribution in [0.3, 0.4) is 0 Å². The van der Waals surface area contributed by atoms with Crippen LogP contribution in [-0.2, 0) is 16.0 Å². The van der Waals surface area contributed by atoms with Gasteiger partial charge in [0.15, 0.2) is 0 Å². The highest BCUT2D eigenvalue weighted by Crippen LogP contribution is 2.16. The molecule has 3 rings (SSSR count). The van der Waals surface area contributed by atoms with Gasteiger partial charge < -0.3 is 10.2 Å².